The van der Waals surface area contributed by atoms with Crippen molar-refractivity contribution in [3.05, 3.63) is 42.1 Å². The van der Waals surface area contributed by atoms with E-state index in [1.165, 1.54) is 0 Å². The first-order valence-corrected chi connectivity index (χ1v) is 6.98. The molecule has 1 unspecified atom stereocenters. The molecule has 3 rings (SSSR count). The molecule has 2 aromatic rings. The van der Waals surface area contributed by atoms with Gasteiger partial charge < -0.3 is 15.2 Å². The summed E-state index contributed by atoms with van der Waals surface area (Å²) >= 11 is 0. The fourth-order valence-electron chi connectivity index (χ4n) is 2.94. The molecule has 2 heterocycles. The Kier molecular flexibility index (Phi) is 3.70. The molecule has 1 aromatic carbocycles. The molecule has 1 aromatic heterocycles. The third-order valence-electron chi connectivity index (χ3n) is 4.30. The van der Waals surface area contributed by atoms with Gasteiger partial charge in [0.1, 0.15) is 0 Å². The van der Waals surface area contributed by atoms with Gasteiger partial charge in [-0.2, -0.15) is 0 Å². The van der Waals surface area contributed by atoms with E-state index in [-0.39, 0.29) is 11.6 Å². The van der Waals surface area contributed by atoms with Gasteiger partial charge >= 0.3 is 0 Å². The highest BCUT2D eigenvalue weighted by atomic mass is 16.5. The number of aromatic nitrogens is 1. The largest absolute Gasteiger partial charge is 0.381 e. The van der Waals surface area contributed by atoms with Crippen LogP contribution in [0.5, 0.6) is 0 Å². The van der Waals surface area contributed by atoms with E-state index >= 15 is 0 Å². The molecule has 20 heavy (non-hydrogen) atoms. The number of nitrogens with zero attached hydrogens (tertiary/aromatic N) is 1. The number of nitrogens with two attached hydrogens (primary N) is 1. The molecule has 1 aliphatic heterocycles. The Morgan fingerprint density at radius 2 is 2.10 bits per heavy atom. The van der Waals surface area contributed by atoms with Gasteiger partial charge in [-0.15, -0.1) is 0 Å². The van der Waals surface area contributed by atoms with E-state index < -0.39 is 0 Å². The molecule has 1 atom stereocenters. The highest BCUT2D eigenvalue weighted by molar-refractivity contribution is 5.79. The van der Waals surface area contributed by atoms with Gasteiger partial charge in [-0.25, -0.2) is 0 Å². The molecular weight excluding hydrogens is 252 g/mol. The lowest BCUT2D eigenvalue weighted by Gasteiger charge is -2.40. The van der Waals surface area contributed by atoms with Crippen LogP contribution in [0, 0.1) is 0 Å². The van der Waals surface area contributed by atoms with Crippen molar-refractivity contribution in [1.29, 1.82) is 0 Å². The first-order valence-electron chi connectivity index (χ1n) is 6.98. The Labute approximate surface area is 118 Å². The van der Waals surface area contributed by atoms with Crippen LogP contribution in [0.2, 0.25) is 0 Å². The van der Waals surface area contributed by atoms with Gasteiger partial charge in [0.15, 0.2) is 0 Å². The predicted octanol–water partition coefficient (Wildman–Crippen LogP) is 2.43. The standard InChI is InChI=1S/C16H20N2O2/c1-19-16(6-9-20-10-7-16)15(17)13-5-4-12-3-2-8-18-14(12)11-13/h2-5,8,11,15H,6-7,9-10,17H2,1H3. The quantitative estimate of drug-likeness (QED) is 0.932. The maximum atomic E-state index is 6.50. The normalized spacial score (nSPS) is 19.9. The van der Waals surface area contributed by atoms with E-state index in [1.54, 1.807) is 13.3 Å². The first kappa shape index (κ1) is 13.5. The molecule has 0 saturated carbocycles. The summed E-state index contributed by atoms with van der Waals surface area (Å²) in [6, 6.07) is 10.0. The minimum atomic E-state index is -0.333. The van der Waals surface area contributed by atoms with Crippen LogP contribution in [0.1, 0.15) is 24.4 Å². The van der Waals surface area contributed by atoms with Gasteiger partial charge in [-0.3, -0.25) is 4.98 Å². The first-order chi connectivity index (χ1) is 9.75. The fraction of sp³-hybridized carbons (Fsp3) is 0.438. The van der Waals surface area contributed by atoms with Crippen LogP contribution in [-0.2, 0) is 9.47 Å². The van der Waals surface area contributed by atoms with Gasteiger partial charge in [0.05, 0.1) is 17.2 Å². The second kappa shape index (κ2) is 5.48. The number of ether oxygens (including phenoxy) is 2. The molecule has 0 bridgehead atoms. The molecular formula is C16H20N2O2. The van der Waals surface area contributed by atoms with E-state index in [2.05, 4.69) is 29.2 Å². The molecule has 1 fully saturated rings. The van der Waals surface area contributed by atoms with Crippen molar-refractivity contribution < 1.29 is 9.47 Å². The van der Waals surface area contributed by atoms with E-state index in [4.69, 9.17) is 15.2 Å². The predicted molar refractivity (Wildman–Crippen MR) is 78.5 cm³/mol. The Balaban J connectivity index is 1.96. The van der Waals surface area contributed by atoms with Crippen LogP contribution in [-0.4, -0.2) is 30.9 Å². The lowest BCUT2D eigenvalue weighted by atomic mass is 9.82. The second-order valence-corrected chi connectivity index (χ2v) is 5.31. The number of methoxy groups -OCH3 is 1. The highest BCUT2D eigenvalue weighted by Gasteiger charge is 2.39. The molecule has 1 saturated heterocycles. The van der Waals surface area contributed by atoms with Crippen molar-refractivity contribution in [3.8, 4) is 0 Å². The van der Waals surface area contributed by atoms with Crippen LogP contribution in [0.3, 0.4) is 0 Å². The Morgan fingerprint density at radius 3 is 2.85 bits per heavy atom. The lowest BCUT2D eigenvalue weighted by molar-refractivity contribution is -0.105. The molecule has 0 radical (unpaired) electrons. The molecule has 106 valence electrons. The minimum absolute atomic E-state index is 0.164. The van der Waals surface area contributed by atoms with Crippen molar-refractivity contribution in [2.75, 3.05) is 20.3 Å². The van der Waals surface area contributed by atoms with Gasteiger partial charge in [0.25, 0.3) is 0 Å². The summed E-state index contributed by atoms with van der Waals surface area (Å²) in [5.74, 6) is 0. The van der Waals surface area contributed by atoms with Crippen LogP contribution >= 0.6 is 0 Å². The van der Waals surface area contributed by atoms with Crippen molar-refractivity contribution in [3.63, 3.8) is 0 Å². The van der Waals surface area contributed by atoms with Crippen LogP contribution < -0.4 is 5.73 Å². The maximum absolute atomic E-state index is 6.50. The Hall–Kier alpha value is -1.49. The summed E-state index contributed by atoms with van der Waals surface area (Å²) in [7, 11) is 1.74. The molecule has 0 amide bonds. The highest BCUT2D eigenvalue weighted by Crippen LogP contribution is 2.36. The van der Waals surface area contributed by atoms with Crippen molar-refractivity contribution in [2.45, 2.75) is 24.5 Å². The van der Waals surface area contributed by atoms with Crippen molar-refractivity contribution >= 4 is 10.9 Å². The lowest BCUT2D eigenvalue weighted by Crippen LogP contribution is -2.47. The molecule has 4 nitrogen and oxygen atoms in total. The van der Waals surface area contributed by atoms with Crippen molar-refractivity contribution in [1.82, 2.24) is 4.98 Å². The summed E-state index contributed by atoms with van der Waals surface area (Å²) in [5, 5.41) is 1.13. The summed E-state index contributed by atoms with van der Waals surface area (Å²) in [5.41, 5.74) is 8.21. The average Bonchev–Trinajstić information content (AvgIpc) is 2.54. The third kappa shape index (κ3) is 2.30. The Bertz CT molecular complexity index is 594. The summed E-state index contributed by atoms with van der Waals surface area (Å²) < 4.78 is 11.2. The van der Waals surface area contributed by atoms with Gasteiger partial charge in [-0.1, -0.05) is 18.2 Å². The van der Waals surface area contributed by atoms with E-state index in [0.717, 1.165) is 29.3 Å². The fourth-order valence-corrected chi connectivity index (χ4v) is 2.94. The summed E-state index contributed by atoms with van der Waals surface area (Å²) in [6.07, 6.45) is 3.45. The molecule has 0 spiro atoms. The number of hydrogen-bond acceptors (Lipinski definition) is 4. The number of rotatable bonds is 3. The number of hydrogen-bond donors (Lipinski definition) is 1. The molecule has 4 heteroatoms. The number of pyridine rings is 1. The van der Waals surface area contributed by atoms with Gasteiger partial charge in [-0.05, 0) is 17.7 Å². The van der Waals surface area contributed by atoms with E-state index in [0.29, 0.717) is 13.2 Å². The number of benzene rings is 1. The van der Waals surface area contributed by atoms with E-state index in [1.807, 2.05) is 6.07 Å². The smallest absolute Gasteiger partial charge is 0.0914 e. The Morgan fingerprint density at radius 1 is 1.30 bits per heavy atom. The molecule has 1 aliphatic rings. The maximum Gasteiger partial charge on any atom is 0.0914 e. The zero-order valence-corrected chi connectivity index (χ0v) is 11.7. The van der Waals surface area contributed by atoms with E-state index in [9.17, 15) is 0 Å². The zero-order valence-electron chi connectivity index (χ0n) is 11.7. The third-order valence-corrected chi connectivity index (χ3v) is 4.30. The zero-order chi connectivity index (χ0) is 14.0. The monoisotopic (exact) mass is 272 g/mol. The second-order valence-electron chi connectivity index (χ2n) is 5.31. The molecule has 0 aliphatic carbocycles. The van der Waals surface area contributed by atoms with Gasteiger partial charge in [0, 0.05) is 44.7 Å². The van der Waals surface area contributed by atoms with Crippen LogP contribution in [0.4, 0.5) is 0 Å². The molecule has 2 N–H and O–H groups in total. The van der Waals surface area contributed by atoms with Gasteiger partial charge in [0.2, 0.25) is 0 Å². The SMILES string of the molecule is COC1(C(N)c2ccc3cccnc3c2)CCOCC1. The van der Waals surface area contributed by atoms with Crippen molar-refractivity contribution in [2.24, 2.45) is 5.73 Å². The number of fused-ring (bicyclic) bond motifs is 1. The van der Waals surface area contributed by atoms with Crippen LogP contribution in [0.25, 0.3) is 10.9 Å². The average molecular weight is 272 g/mol. The topological polar surface area (TPSA) is 57.4 Å². The summed E-state index contributed by atoms with van der Waals surface area (Å²) in [4.78, 5) is 4.40. The van der Waals surface area contributed by atoms with Crippen LogP contribution in [0.15, 0.2) is 36.5 Å². The minimum Gasteiger partial charge on any atom is -0.381 e. The summed E-state index contributed by atoms with van der Waals surface area (Å²) in [6.45, 7) is 1.40.